The van der Waals surface area contributed by atoms with Crippen LogP contribution in [-0.4, -0.2) is 42.8 Å². The second-order valence-electron chi connectivity index (χ2n) is 8.22. The van der Waals surface area contributed by atoms with Crippen molar-refractivity contribution in [2.24, 2.45) is 0 Å². The Hall–Kier alpha value is -2.38. The minimum atomic E-state index is 0.0538. The van der Waals surface area contributed by atoms with Gasteiger partial charge in [-0.15, -0.1) is 11.3 Å². The molecule has 2 aliphatic rings. The number of hydrogen-bond acceptors (Lipinski definition) is 5. The van der Waals surface area contributed by atoms with E-state index in [9.17, 15) is 4.79 Å². The molecule has 0 atom stereocenters. The largest absolute Gasteiger partial charge is 0.492 e. The Kier molecular flexibility index (Phi) is 5.48. The van der Waals surface area contributed by atoms with Gasteiger partial charge in [0.2, 0.25) is 0 Å². The van der Waals surface area contributed by atoms with Crippen molar-refractivity contribution in [1.29, 1.82) is 0 Å². The van der Waals surface area contributed by atoms with Crippen molar-refractivity contribution in [1.82, 2.24) is 9.97 Å². The van der Waals surface area contributed by atoms with Crippen LogP contribution in [0.15, 0.2) is 29.1 Å². The van der Waals surface area contributed by atoms with Crippen LogP contribution in [0.4, 0.5) is 5.69 Å². The van der Waals surface area contributed by atoms with Crippen molar-refractivity contribution in [2.45, 2.75) is 39.2 Å². The molecule has 3 aromatic rings. The van der Waals surface area contributed by atoms with E-state index in [1.54, 1.807) is 11.3 Å². The number of aryl methyl sites for hydroxylation is 2. The number of H-pyrrole nitrogens is 1. The number of rotatable bonds is 5. The maximum absolute atomic E-state index is 12.8. The molecule has 7 heteroatoms. The van der Waals surface area contributed by atoms with Crippen LogP contribution in [0.5, 0.6) is 5.75 Å². The maximum atomic E-state index is 12.8. The number of fused-ring (bicyclic) bond motifs is 3. The first-order valence-corrected chi connectivity index (χ1v) is 11.9. The highest BCUT2D eigenvalue weighted by Gasteiger charge is 2.24. The Balaban J connectivity index is 1.29. The number of anilines is 1. The summed E-state index contributed by atoms with van der Waals surface area (Å²) in [7, 11) is 0. The van der Waals surface area contributed by atoms with Gasteiger partial charge < -0.3 is 19.5 Å². The number of quaternary nitrogens is 1. The SMILES string of the molecule is CCOc1ccccc1N1CC[NH+](Cc2nc3sc4c(c3c(=O)[nH]2)CCCC4)CC1. The van der Waals surface area contributed by atoms with Crippen molar-refractivity contribution in [2.75, 3.05) is 37.7 Å². The fourth-order valence-corrected chi connectivity index (χ4v) is 6.05. The second kappa shape index (κ2) is 8.40. The Morgan fingerprint density at radius 3 is 2.83 bits per heavy atom. The molecule has 0 saturated carbocycles. The Labute approximate surface area is 180 Å². The van der Waals surface area contributed by atoms with Crippen molar-refractivity contribution < 1.29 is 9.64 Å². The normalized spacial score (nSPS) is 17.3. The number of benzene rings is 1. The lowest BCUT2D eigenvalue weighted by Gasteiger charge is -2.34. The monoisotopic (exact) mass is 425 g/mol. The lowest BCUT2D eigenvalue weighted by molar-refractivity contribution is -0.915. The first-order chi connectivity index (χ1) is 14.7. The fourth-order valence-electron chi connectivity index (χ4n) is 4.77. The molecule has 158 valence electrons. The van der Waals surface area contributed by atoms with Crippen LogP contribution in [0.1, 0.15) is 36.0 Å². The maximum Gasteiger partial charge on any atom is 0.260 e. The minimum absolute atomic E-state index is 0.0538. The molecular weight excluding hydrogens is 396 g/mol. The van der Waals surface area contributed by atoms with Crippen molar-refractivity contribution in [3.8, 4) is 5.75 Å². The number of hydrogen-bond donors (Lipinski definition) is 2. The lowest BCUT2D eigenvalue weighted by atomic mass is 9.97. The van der Waals surface area contributed by atoms with Crippen LogP contribution in [0.25, 0.3) is 10.2 Å². The average molecular weight is 426 g/mol. The van der Waals surface area contributed by atoms with Gasteiger partial charge in [0, 0.05) is 4.88 Å². The van der Waals surface area contributed by atoms with E-state index < -0.39 is 0 Å². The summed E-state index contributed by atoms with van der Waals surface area (Å²) in [5, 5.41) is 0.853. The third-order valence-corrected chi connectivity index (χ3v) is 7.45. The molecule has 1 saturated heterocycles. The number of aromatic amines is 1. The molecular formula is C23H29N4O2S+. The van der Waals surface area contributed by atoms with Crippen LogP contribution >= 0.6 is 11.3 Å². The van der Waals surface area contributed by atoms with Crippen molar-refractivity contribution in [3.05, 3.63) is 50.9 Å². The third kappa shape index (κ3) is 3.72. The summed E-state index contributed by atoms with van der Waals surface area (Å²) in [6.45, 7) is 7.45. The summed E-state index contributed by atoms with van der Waals surface area (Å²) in [6, 6.07) is 8.28. The molecule has 2 N–H and O–H groups in total. The van der Waals surface area contributed by atoms with Gasteiger partial charge in [0.25, 0.3) is 5.56 Å². The summed E-state index contributed by atoms with van der Waals surface area (Å²) in [5.41, 5.74) is 2.49. The summed E-state index contributed by atoms with van der Waals surface area (Å²) in [6.07, 6.45) is 4.53. The van der Waals surface area contributed by atoms with E-state index in [0.29, 0.717) is 6.61 Å². The molecule has 30 heavy (non-hydrogen) atoms. The number of para-hydroxylation sites is 2. The van der Waals surface area contributed by atoms with Crippen LogP contribution in [-0.2, 0) is 19.4 Å². The number of piperazine rings is 1. The molecule has 1 aliphatic carbocycles. The van der Waals surface area contributed by atoms with Gasteiger partial charge in [-0.1, -0.05) is 12.1 Å². The zero-order valence-corrected chi connectivity index (χ0v) is 18.3. The standard InChI is InChI=1S/C23H28N4O2S/c1-2-29-18-9-5-4-8-17(18)27-13-11-26(12-14-27)15-20-24-22(28)21-16-7-3-6-10-19(16)30-23(21)25-20/h4-5,8-9H,2-3,6-7,10-15H2,1H3,(H,24,25,28)/p+1. The minimum Gasteiger partial charge on any atom is -0.492 e. The predicted molar refractivity (Wildman–Crippen MR) is 121 cm³/mol. The summed E-state index contributed by atoms with van der Waals surface area (Å²) < 4.78 is 5.80. The van der Waals surface area contributed by atoms with Crippen LogP contribution in [0, 0.1) is 0 Å². The number of aromatic nitrogens is 2. The van der Waals surface area contributed by atoms with Gasteiger partial charge in [0.1, 0.15) is 17.1 Å². The van der Waals surface area contributed by atoms with Gasteiger partial charge in [-0.2, -0.15) is 0 Å². The third-order valence-electron chi connectivity index (χ3n) is 6.27. The van der Waals surface area contributed by atoms with E-state index in [2.05, 4.69) is 22.0 Å². The smallest absolute Gasteiger partial charge is 0.260 e. The number of nitrogens with one attached hydrogen (secondary N) is 2. The van der Waals surface area contributed by atoms with Gasteiger partial charge in [-0.05, 0) is 50.3 Å². The predicted octanol–water partition coefficient (Wildman–Crippen LogP) is 2.17. The lowest BCUT2D eigenvalue weighted by Crippen LogP contribution is -3.13. The molecule has 0 spiro atoms. The number of nitrogens with zero attached hydrogens (tertiary/aromatic N) is 2. The summed E-state index contributed by atoms with van der Waals surface area (Å²) in [4.78, 5) is 26.9. The topological polar surface area (TPSA) is 62.7 Å². The first-order valence-electron chi connectivity index (χ1n) is 11.1. The van der Waals surface area contributed by atoms with Crippen molar-refractivity contribution >= 4 is 27.2 Å². The van der Waals surface area contributed by atoms with Crippen molar-refractivity contribution in [3.63, 3.8) is 0 Å². The Bertz CT molecular complexity index is 1100. The van der Waals surface area contributed by atoms with E-state index in [0.717, 1.165) is 67.4 Å². The number of thiophene rings is 1. The van der Waals surface area contributed by atoms with Gasteiger partial charge in [0.05, 0.1) is 43.9 Å². The van der Waals surface area contributed by atoms with Gasteiger partial charge >= 0.3 is 0 Å². The Morgan fingerprint density at radius 2 is 2.00 bits per heavy atom. The quantitative estimate of drug-likeness (QED) is 0.658. The van der Waals surface area contributed by atoms with Gasteiger partial charge in [-0.25, -0.2) is 4.98 Å². The molecule has 1 fully saturated rings. The molecule has 6 nitrogen and oxygen atoms in total. The molecule has 0 amide bonds. The average Bonchev–Trinajstić information content (AvgIpc) is 3.14. The molecule has 0 bridgehead atoms. The molecule has 0 radical (unpaired) electrons. The highest BCUT2D eigenvalue weighted by Crippen LogP contribution is 2.33. The van der Waals surface area contributed by atoms with E-state index in [4.69, 9.17) is 9.72 Å². The molecule has 5 rings (SSSR count). The fraction of sp³-hybridized carbons (Fsp3) is 0.478. The number of ether oxygens (including phenoxy) is 1. The summed E-state index contributed by atoms with van der Waals surface area (Å²) >= 11 is 1.73. The zero-order valence-electron chi connectivity index (χ0n) is 17.5. The van der Waals surface area contributed by atoms with Crippen LogP contribution in [0.2, 0.25) is 0 Å². The van der Waals surface area contributed by atoms with E-state index >= 15 is 0 Å². The van der Waals surface area contributed by atoms with Crippen LogP contribution in [0.3, 0.4) is 0 Å². The summed E-state index contributed by atoms with van der Waals surface area (Å²) in [5.74, 6) is 1.78. The molecule has 2 aromatic heterocycles. The van der Waals surface area contributed by atoms with E-state index in [1.807, 2.05) is 19.1 Å². The highest BCUT2D eigenvalue weighted by atomic mass is 32.1. The van der Waals surface area contributed by atoms with Crippen LogP contribution < -0.4 is 20.1 Å². The van der Waals surface area contributed by atoms with Gasteiger partial charge in [0.15, 0.2) is 5.82 Å². The Morgan fingerprint density at radius 1 is 1.20 bits per heavy atom. The van der Waals surface area contributed by atoms with Gasteiger partial charge in [-0.3, -0.25) is 4.79 Å². The molecule has 3 heterocycles. The second-order valence-corrected chi connectivity index (χ2v) is 9.30. The zero-order chi connectivity index (χ0) is 20.5. The highest BCUT2D eigenvalue weighted by molar-refractivity contribution is 7.18. The molecule has 1 aliphatic heterocycles. The molecule has 0 unspecified atom stereocenters. The van der Waals surface area contributed by atoms with E-state index in [1.165, 1.54) is 33.9 Å². The van der Waals surface area contributed by atoms with E-state index in [-0.39, 0.29) is 5.56 Å². The molecule has 1 aromatic carbocycles. The first kappa shape index (κ1) is 19.6.